The zero-order valence-corrected chi connectivity index (χ0v) is 19.5. The molecule has 0 spiro atoms. The molecule has 1 aromatic heterocycles. The molecule has 33 heavy (non-hydrogen) atoms. The van der Waals surface area contributed by atoms with Gasteiger partial charge in [-0.25, -0.2) is 4.68 Å². The van der Waals surface area contributed by atoms with E-state index in [0.717, 1.165) is 62.3 Å². The van der Waals surface area contributed by atoms with Crippen LogP contribution in [0, 0.1) is 0 Å². The fourth-order valence-corrected chi connectivity index (χ4v) is 5.47. The largest absolute Gasteiger partial charge is 0.496 e. The summed E-state index contributed by atoms with van der Waals surface area (Å²) in [5.41, 5.74) is 2.42. The van der Waals surface area contributed by atoms with Gasteiger partial charge in [-0.2, -0.15) is 0 Å². The molecule has 1 saturated heterocycles. The van der Waals surface area contributed by atoms with Crippen molar-refractivity contribution in [2.45, 2.75) is 50.7 Å². The number of hydrogen-bond acceptors (Lipinski definition) is 6. The van der Waals surface area contributed by atoms with Crippen LogP contribution in [-0.4, -0.2) is 69.3 Å². The van der Waals surface area contributed by atoms with Gasteiger partial charge in [0, 0.05) is 44.3 Å². The second kappa shape index (κ2) is 10.4. The molecule has 5 rings (SSSR count). The summed E-state index contributed by atoms with van der Waals surface area (Å²) in [6.45, 7) is 4.96. The lowest BCUT2D eigenvalue weighted by Gasteiger charge is -2.41. The quantitative estimate of drug-likeness (QED) is 0.527. The van der Waals surface area contributed by atoms with Crippen LogP contribution in [0.3, 0.4) is 0 Å². The highest BCUT2D eigenvalue weighted by atomic mass is 16.5. The first kappa shape index (κ1) is 22.0. The van der Waals surface area contributed by atoms with Gasteiger partial charge in [0.05, 0.1) is 7.11 Å². The molecule has 2 fully saturated rings. The summed E-state index contributed by atoms with van der Waals surface area (Å²) in [4.78, 5) is 5.23. The number of tetrazole rings is 1. The molecule has 2 heterocycles. The normalized spacial score (nSPS) is 19.1. The average molecular weight is 447 g/mol. The number of hydrogen-bond donors (Lipinski definition) is 0. The van der Waals surface area contributed by atoms with E-state index in [0.29, 0.717) is 0 Å². The second-order valence-electron chi connectivity index (χ2n) is 9.15. The first-order chi connectivity index (χ1) is 16.3. The smallest absolute Gasteiger partial charge is 0.173 e. The Hall–Kier alpha value is -2.77. The molecule has 1 atom stereocenters. The third-order valence-electron chi connectivity index (χ3n) is 7.25. The summed E-state index contributed by atoms with van der Waals surface area (Å²) in [5, 5.41) is 13.0. The van der Waals surface area contributed by atoms with Crippen LogP contribution in [0.4, 0.5) is 0 Å². The molecular formula is C26H34N6O. The van der Waals surface area contributed by atoms with E-state index in [9.17, 15) is 0 Å². The minimum Gasteiger partial charge on any atom is -0.496 e. The number of methoxy groups -OCH3 is 1. The Bertz CT molecular complexity index is 1010. The molecule has 7 heteroatoms. The molecule has 1 saturated carbocycles. The van der Waals surface area contributed by atoms with Crippen molar-refractivity contribution in [3.05, 3.63) is 71.5 Å². The van der Waals surface area contributed by atoms with Gasteiger partial charge in [0.2, 0.25) is 0 Å². The molecule has 1 unspecified atom stereocenters. The molecule has 2 aromatic carbocycles. The van der Waals surface area contributed by atoms with Gasteiger partial charge in [0.15, 0.2) is 5.82 Å². The van der Waals surface area contributed by atoms with Crippen molar-refractivity contribution in [1.82, 2.24) is 30.0 Å². The highest BCUT2D eigenvalue weighted by Gasteiger charge is 2.34. The van der Waals surface area contributed by atoms with Crippen molar-refractivity contribution in [3.8, 4) is 5.75 Å². The Kier molecular flexibility index (Phi) is 6.98. The fraction of sp³-hybridized carbons (Fsp3) is 0.500. The van der Waals surface area contributed by atoms with Crippen LogP contribution in [0.1, 0.15) is 48.7 Å². The second-order valence-corrected chi connectivity index (χ2v) is 9.15. The molecule has 174 valence electrons. The van der Waals surface area contributed by atoms with Crippen molar-refractivity contribution in [2.24, 2.45) is 0 Å². The summed E-state index contributed by atoms with van der Waals surface area (Å²) in [5.74, 6) is 1.78. The van der Waals surface area contributed by atoms with Crippen LogP contribution >= 0.6 is 0 Å². The molecular weight excluding hydrogens is 412 g/mol. The number of ether oxygens (including phenoxy) is 1. The van der Waals surface area contributed by atoms with Crippen LogP contribution < -0.4 is 4.74 Å². The number of nitrogens with zero attached hydrogens (tertiary/aromatic N) is 6. The Morgan fingerprint density at radius 2 is 1.67 bits per heavy atom. The van der Waals surface area contributed by atoms with Crippen molar-refractivity contribution in [3.63, 3.8) is 0 Å². The zero-order chi connectivity index (χ0) is 22.5. The fourth-order valence-electron chi connectivity index (χ4n) is 5.47. The molecule has 0 bridgehead atoms. The van der Waals surface area contributed by atoms with Crippen molar-refractivity contribution in [2.75, 3.05) is 33.3 Å². The van der Waals surface area contributed by atoms with Crippen LogP contribution in [-0.2, 0) is 13.0 Å². The standard InChI is InChI=1S/C26H34N6O/c1-33-24-14-8-7-13-23(24)25(31-19-17-30(18-20-31)22-11-5-6-12-22)26-27-28-29-32(26)16-15-21-9-3-2-4-10-21/h2-4,7-10,13-14,22,25H,5-6,11-12,15-20H2,1H3. The van der Waals surface area contributed by atoms with Gasteiger partial charge >= 0.3 is 0 Å². The molecule has 3 aromatic rings. The van der Waals surface area contributed by atoms with Crippen LogP contribution in [0.5, 0.6) is 5.75 Å². The minimum absolute atomic E-state index is 0.0300. The lowest BCUT2D eigenvalue weighted by Crippen LogP contribution is -2.51. The number of aromatic nitrogens is 4. The molecule has 7 nitrogen and oxygen atoms in total. The number of rotatable bonds is 8. The van der Waals surface area contributed by atoms with E-state index in [2.05, 4.69) is 67.8 Å². The number of para-hydroxylation sites is 1. The van der Waals surface area contributed by atoms with Crippen LogP contribution in [0.2, 0.25) is 0 Å². The number of piperazine rings is 1. The van der Waals surface area contributed by atoms with E-state index in [1.54, 1.807) is 7.11 Å². The Morgan fingerprint density at radius 1 is 0.939 bits per heavy atom. The van der Waals surface area contributed by atoms with Gasteiger partial charge in [-0.1, -0.05) is 61.4 Å². The highest BCUT2D eigenvalue weighted by molar-refractivity contribution is 5.39. The first-order valence-corrected chi connectivity index (χ1v) is 12.2. The van der Waals surface area contributed by atoms with Gasteiger partial charge in [0.1, 0.15) is 11.8 Å². The van der Waals surface area contributed by atoms with Crippen LogP contribution in [0.25, 0.3) is 0 Å². The van der Waals surface area contributed by atoms with Gasteiger partial charge < -0.3 is 4.74 Å². The number of aryl methyl sites for hydroxylation is 2. The van der Waals surface area contributed by atoms with Crippen molar-refractivity contribution in [1.29, 1.82) is 0 Å². The van der Waals surface area contributed by atoms with Crippen molar-refractivity contribution < 1.29 is 4.74 Å². The van der Waals surface area contributed by atoms with E-state index in [1.165, 1.54) is 31.2 Å². The molecule has 0 N–H and O–H groups in total. The van der Waals surface area contributed by atoms with Gasteiger partial charge in [-0.3, -0.25) is 9.80 Å². The summed E-state index contributed by atoms with van der Waals surface area (Å²) in [7, 11) is 1.74. The maximum atomic E-state index is 5.77. The predicted octanol–water partition coefficient (Wildman–Crippen LogP) is 3.57. The molecule has 1 aliphatic heterocycles. The molecule has 0 amide bonds. The van der Waals surface area contributed by atoms with E-state index >= 15 is 0 Å². The topological polar surface area (TPSA) is 59.3 Å². The van der Waals surface area contributed by atoms with Gasteiger partial charge in [0.25, 0.3) is 0 Å². The maximum Gasteiger partial charge on any atom is 0.173 e. The minimum atomic E-state index is -0.0300. The average Bonchev–Trinajstić information content (AvgIpc) is 3.57. The van der Waals surface area contributed by atoms with Gasteiger partial charge in [-0.05, 0) is 41.3 Å². The third kappa shape index (κ3) is 4.94. The summed E-state index contributed by atoms with van der Waals surface area (Å²) in [6.07, 6.45) is 6.37. The highest BCUT2D eigenvalue weighted by Crippen LogP contribution is 2.35. The lowest BCUT2D eigenvalue weighted by atomic mass is 10.0. The van der Waals surface area contributed by atoms with Crippen LogP contribution in [0.15, 0.2) is 54.6 Å². The Labute approximate surface area is 196 Å². The van der Waals surface area contributed by atoms with E-state index in [4.69, 9.17) is 4.74 Å². The van der Waals surface area contributed by atoms with E-state index in [1.807, 2.05) is 16.8 Å². The third-order valence-corrected chi connectivity index (χ3v) is 7.25. The summed E-state index contributed by atoms with van der Waals surface area (Å²) >= 11 is 0. The van der Waals surface area contributed by atoms with Crippen molar-refractivity contribution >= 4 is 0 Å². The van der Waals surface area contributed by atoms with E-state index < -0.39 is 0 Å². The summed E-state index contributed by atoms with van der Waals surface area (Å²) in [6, 6.07) is 19.6. The summed E-state index contributed by atoms with van der Waals surface area (Å²) < 4.78 is 7.75. The first-order valence-electron chi connectivity index (χ1n) is 12.2. The number of benzene rings is 2. The lowest BCUT2D eigenvalue weighted by molar-refractivity contribution is 0.0763. The zero-order valence-electron chi connectivity index (χ0n) is 19.5. The molecule has 0 radical (unpaired) electrons. The predicted molar refractivity (Wildman–Crippen MR) is 128 cm³/mol. The molecule has 2 aliphatic rings. The monoisotopic (exact) mass is 446 g/mol. The Balaban J connectivity index is 1.40. The molecule has 1 aliphatic carbocycles. The maximum absolute atomic E-state index is 5.77. The Morgan fingerprint density at radius 3 is 2.42 bits per heavy atom. The SMILES string of the molecule is COc1ccccc1C(c1nnnn1CCc1ccccc1)N1CCN(C2CCCC2)CC1. The van der Waals surface area contributed by atoms with E-state index in [-0.39, 0.29) is 6.04 Å². The van der Waals surface area contributed by atoms with Gasteiger partial charge in [-0.15, -0.1) is 5.10 Å².